The Bertz CT molecular complexity index is 1240. The van der Waals surface area contributed by atoms with Crippen LogP contribution in [0.4, 0.5) is 15.8 Å². The first-order valence-corrected chi connectivity index (χ1v) is 10.0. The van der Waals surface area contributed by atoms with Crippen molar-refractivity contribution in [2.24, 2.45) is 0 Å². The Labute approximate surface area is 163 Å². The van der Waals surface area contributed by atoms with Gasteiger partial charge in [-0.15, -0.1) is 11.3 Å². The van der Waals surface area contributed by atoms with Crippen molar-refractivity contribution in [3.05, 3.63) is 39.8 Å². The van der Waals surface area contributed by atoms with Crippen LogP contribution < -0.4 is 21.9 Å². The van der Waals surface area contributed by atoms with E-state index in [0.717, 1.165) is 11.2 Å². The Morgan fingerprint density at radius 1 is 1.25 bits per heavy atom. The summed E-state index contributed by atoms with van der Waals surface area (Å²) in [5, 5.41) is 8.35. The van der Waals surface area contributed by atoms with Crippen molar-refractivity contribution in [2.45, 2.75) is 18.9 Å². The minimum atomic E-state index is -0.382. The van der Waals surface area contributed by atoms with Crippen molar-refractivity contribution in [3.63, 3.8) is 0 Å². The predicted molar refractivity (Wildman–Crippen MR) is 111 cm³/mol. The molecule has 1 saturated carbocycles. The van der Waals surface area contributed by atoms with Crippen molar-refractivity contribution in [1.29, 1.82) is 0 Å². The van der Waals surface area contributed by atoms with Crippen LogP contribution in [0.1, 0.15) is 12.8 Å². The molecule has 6 N–H and O–H groups in total. The fraction of sp³-hybridized carbons (Fsp3) is 0.263. The second-order valence-corrected chi connectivity index (χ2v) is 7.91. The number of H-pyrrole nitrogens is 2. The number of nitrogens with two attached hydrogens (primary N) is 1. The van der Waals surface area contributed by atoms with Crippen molar-refractivity contribution in [3.8, 4) is 11.4 Å². The lowest BCUT2D eigenvalue weighted by Crippen LogP contribution is -2.24. The number of fused-ring (bicyclic) bond motifs is 2. The number of anilines is 2. The van der Waals surface area contributed by atoms with Crippen LogP contribution in [0.5, 0.6) is 0 Å². The van der Waals surface area contributed by atoms with Crippen LogP contribution in [0.2, 0.25) is 0 Å². The zero-order chi connectivity index (χ0) is 19.3. The maximum absolute atomic E-state index is 14.4. The molecular weight excluding hydrogens is 379 g/mol. The maximum atomic E-state index is 14.4. The van der Waals surface area contributed by atoms with Crippen LogP contribution in [-0.2, 0) is 0 Å². The third-order valence-corrected chi connectivity index (χ3v) is 5.86. The van der Waals surface area contributed by atoms with Crippen LogP contribution in [0.15, 0.2) is 28.4 Å². The van der Waals surface area contributed by atoms with Crippen LogP contribution in [0.3, 0.4) is 0 Å². The van der Waals surface area contributed by atoms with E-state index in [9.17, 15) is 9.18 Å². The van der Waals surface area contributed by atoms with Gasteiger partial charge in [-0.1, -0.05) is 0 Å². The minimum Gasteiger partial charge on any atom is -0.397 e. The third-order valence-electron chi connectivity index (χ3n) is 4.91. The number of nitrogens with one attached hydrogen (secondary N) is 4. The number of imidazole rings is 1. The van der Waals surface area contributed by atoms with E-state index >= 15 is 0 Å². The molecule has 0 bridgehead atoms. The number of thiophene rings is 1. The lowest BCUT2D eigenvalue weighted by molar-refractivity contribution is 0.629. The van der Waals surface area contributed by atoms with E-state index in [1.54, 1.807) is 6.07 Å². The molecule has 0 unspecified atom stereocenters. The van der Waals surface area contributed by atoms with Crippen LogP contribution >= 0.6 is 11.3 Å². The summed E-state index contributed by atoms with van der Waals surface area (Å²) in [6.07, 6.45) is 2.44. The van der Waals surface area contributed by atoms with Gasteiger partial charge in [-0.3, -0.25) is 4.79 Å². The molecule has 1 fully saturated rings. The number of pyridine rings is 1. The molecule has 0 spiro atoms. The summed E-state index contributed by atoms with van der Waals surface area (Å²) < 4.78 is 15.2. The first-order chi connectivity index (χ1) is 13.6. The van der Waals surface area contributed by atoms with Gasteiger partial charge in [0.05, 0.1) is 32.6 Å². The highest BCUT2D eigenvalue weighted by atomic mass is 32.1. The second-order valence-electron chi connectivity index (χ2n) is 7.00. The van der Waals surface area contributed by atoms with E-state index in [-0.39, 0.29) is 16.9 Å². The molecule has 9 heteroatoms. The van der Waals surface area contributed by atoms with Crippen LogP contribution in [0.25, 0.3) is 32.6 Å². The van der Waals surface area contributed by atoms with Gasteiger partial charge in [0, 0.05) is 25.2 Å². The predicted octanol–water partition coefficient (Wildman–Crippen LogP) is 3.02. The fourth-order valence-electron chi connectivity index (χ4n) is 3.32. The van der Waals surface area contributed by atoms with E-state index in [0.29, 0.717) is 46.3 Å². The highest BCUT2D eigenvalue weighted by Gasteiger charge is 2.20. The number of hydrogen-bond acceptors (Lipinski definition) is 6. The van der Waals surface area contributed by atoms with E-state index < -0.39 is 0 Å². The summed E-state index contributed by atoms with van der Waals surface area (Å²) in [6, 6.07) is 5.46. The van der Waals surface area contributed by atoms with Crippen molar-refractivity contribution < 1.29 is 4.39 Å². The molecule has 1 aliphatic carbocycles. The summed E-state index contributed by atoms with van der Waals surface area (Å²) in [4.78, 5) is 22.8. The first-order valence-electron chi connectivity index (χ1n) is 9.16. The molecule has 3 heterocycles. The second kappa shape index (κ2) is 6.61. The Balaban J connectivity index is 1.48. The monoisotopic (exact) mass is 398 g/mol. The number of nitrogens with zero attached hydrogens (tertiary/aromatic N) is 1. The van der Waals surface area contributed by atoms with Crippen molar-refractivity contribution >= 4 is 44.0 Å². The largest absolute Gasteiger partial charge is 0.397 e. The van der Waals surface area contributed by atoms with Crippen molar-refractivity contribution in [2.75, 3.05) is 24.1 Å². The quantitative estimate of drug-likeness (QED) is 0.321. The van der Waals surface area contributed by atoms with Gasteiger partial charge < -0.3 is 26.3 Å². The molecule has 0 radical (unpaired) electrons. The Morgan fingerprint density at radius 2 is 2.11 bits per heavy atom. The molecule has 28 heavy (non-hydrogen) atoms. The highest BCUT2D eigenvalue weighted by Crippen LogP contribution is 2.32. The molecule has 1 aliphatic rings. The van der Waals surface area contributed by atoms with Gasteiger partial charge in [0.1, 0.15) is 17.2 Å². The molecule has 3 aromatic heterocycles. The highest BCUT2D eigenvalue weighted by molar-refractivity contribution is 7.17. The molecular formula is C19H19FN6OS. The molecule has 0 aliphatic heterocycles. The number of hydrogen-bond donors (Lipinski definition) is 5. The van der Waals surface area contributed by atoms with E-state index in [2.05, 4.69) is 25.6 Å². The number of aromatic amines is 2. The standard InChI is InChI=1S/C19H19FN6OS/c20-10-7-13-14(8-12(10)23-5-4-22-9-1-2-9)25-18(24-13)15-16(21)17-11(3-6-28-17)26-19(15)27/h3,6-9,22-23H,1-2,4-5H2,(H,24,25)(H3,21,26,27). The van der Waals surface area contributed by atoms with E-state index in [1.807, 2.05) is 11.4 Å². The van der Waals surface area contributed by atoms with Crippen LogP contribution in [0, 0.1) is 5.82 Å². The number of nitrogen functional groups attached to an aromatic ring is 1. The van der Waals surface area contributed by atoms with Gasteiger partial charge in [-0.25, -0.2) is 9.37 Å². The number of halogens is 1. The summed E-state index contributed by atoms with van der Waals surface area (Å²) in [5.41, 5.74) is 8.72. The molecule has 4 aromatic rings. The molecule has 144 valence electrons. The van der Waals surface area contributed by atoms with Gasteiger partial charge in [-0.2, -0.15) is 0 Å². The fourth-order valence-corrected chi connectivity index (χ4v) is 4.13. The van der Waals surface area contributed by atoms with Crippen LogP contribution in [-0.4, -0.2) is 34.1 Å². The summed E-state index contributed by atoms with van der Waals surface area (Å²) >= 11 is 1.45. The lowest BCUT2D eigenvalue weighted by Gasteiger charge is -2.08. The first kappa shape index (κ1) is 17.2. The minimum absolute atomic E-state index is 0.273. The summed E-state index contributed by atoms with van der Waals surface area (Å²) in [5.74, 6) is -0.0523. The van der Waals surface area contributed by atoms with Crippen molar-refractivity contribution in [1.82, 2.24) is 20.3 Å². The number of rotatable bonds is 6. The van der Waals surface area contributed by atoms with Gasteiger partial charge in [0.25, 0.3) is 5.56 Å². The molecule has 0 amide bonds. The zero-order valence-electron chi connectivity index (χ0n) is 14.9. The average molecular weight is 398 g/mol. The average Bonchev–Trinajstić information content (AvgIpc) is 3.21. The maximum Gasteiger partial charge on any atom is 0.261 e. The van der Waals surface area contributed by atoms with Gasteiger partial charge in [0.2, 0.25) is 0 Å². The van der Waals surface area contributed by atoms with E-state index in [4.69, 9.17) is 5.73 Å². The van der Waals surface area contributed by atoms with Gasteiger partial charge >= 0.3 is 0 Å². The smallest absolute Gasteiger partial charge is 0.261 e. The molecule has 0 atom stereocenters. The third kappa shape index (κ3) is 3.02. The SMILES string of the molecule is Nc1c(-c2nc3cc(F)c(NCCNC4CC4)cc3[nH]2)c(=O)[nH]c2ccsc12. The topological polar surface area (TPSA) is 112 Å². The Hall–Kier alpha value is -2.91. The number of aromatic nitrogens is 3. The number of benzene rings is 1. The van der Waals surface area contributed by atoms with E-state index in [1.165, 1.54) is 30.2 Å². The Morgan fingerprint density at radius 3 is 2.93 bits per heavy atom. The lowest BCUT2D eigenvalue weighted by atomic mass is 10.2. The van der Waals surface area contributed by atoms with Gasteiger partial charge in [-0.05, 0) is 30.4 Å². The molecule has 1 aromatic carbocycles. The Kier molecular flexibility index (Phi) is 4.06. The summed E-state index contributed by atoms with van der Waals surface area (Å²) in [6.45, 7) is 1.41. The zero-order valence-corrected chi connectivity index (χ0v) is 15.8. The normalized spacial score (nSPS) is 14.2. The molecule has 0 saturated heterocycles. The molecule has 5 rings (SSSR count). The summed E-state index contributed by atoms with van der Waals surface area (Å²) in [7, 11) is 0. The van der Waals surface area contributed by atoms with Gasteiger partial charge in [0.15, 0.2) is 0 Å². The molecule has 7 nitrogen and oxygen atoms in total.